The molecule has 4 heteroatoms. The van der Waals surface area contributed by atoms with Crippen LogP contribution in [0.3, 0.4) is 0 Å². The number of furan rings is 1. The first-order chi connectivity index (χ1) is 10.2. The normalized spacial score (nSPS) is 23.8. The number of rotatable bonds is 1. The maximum atomic E-state index is 5.81. The maximum Gasteiger partial charge on any atom is 0.189 e. The highest BCUT2D eigenvalue weighted by Gasteiger charge is 2.38. The average Bonchev–Trinajstić information content (AvgIpc) is 3.05. The van der Waals surface area contributed by atoms with Crippen molar-refractivity contribution in [3.63, 3.8) is 0 Å². The molecule has 1 aliphatic heterocycles. The number of aryl methyl sites for hydroxylation is 1. The number of guanidine groups is 1. The van der Waals surface area contributed by atoms with Gasteiger partial charge in [0.1, 0.15) is 11.5 Å². The number of nitrogens with two attached hydrogens (primary N) is 1. The highest BCUT2D eigenvalue weighted by molar-refractivity contribution is 5.80. The van der Waals surface area contributed by atoms with E-state index in [1.54, 1.807) is 0 Å². The van der Waals surface area contributed by atoms with E-state index in [0.717, 1.165) is 37.3 Å². The van der Waals surface area contributed by atoms with E-state index in [9.17, 15) is 0 Å². The predicted molar refractivity (Wildman–Crippen MR) is 83.3 cm³/mol. The third-order valence-corrected chi connectivity index (χ3v) is 4.59. The molecule has 1 aromatic carbocycles. The lowest BCUT2D eigenvalue weighted by Crippen LogP contribution is -2.39. The van der Waals surface area contributed by atoms with Crippen LogP contribution in [-0.2, 0) is 12.8 Å². The molecular weight excluding hydrogens is 262 g/mol. The highest BCUT2D eigenvalue weighted by atomic mass is 16.3. The van der Waals surface area contributed by atoms with Gasteiger partial charge in [0, 0.05) is 12.1 Å². The minimum absolute atomic E-state index is 0.0468. The molecule has 4 rings (SSSR count). The maximum absolute atomic E-state index is 5.81. The Kier molecular flexibility index (Phi) is 2.61. The number of aliphatic imine (C=N–C) groups is 1. The molecular formula is C17H19N3O. The summed E-state index contributed by atoms with van der Waals surface area (Å²) >= 11 is 0. The molecule has 4 nitrogen and oxygen atoms in total. The van der Waals surface area contributed by atoms with Gasteiger partial charge < -0.3 is 15.5 Å². The lowest BCUT2D eigenvalue weighted by Gasteiger charge is -2.32. The second kappa shape index (κ2) is 4.38. The summed E-state index contributed by atoms with van der Waals surface area (Å²) in [4.78, 5) is 4.64. The third-order valence-electron chi connectivity index (χ3n) is 4.59. The lowest BCUT2D eigenvalue weighted by atomic mass is 9.77. The second-order valence-electron chi connectivity index (χ2n) is 6.11. The number of hydrogen-bond donors (Lipinski definition) is 2. The van der Waals surface area contributed by atoms with E-state index in [-0.39, 0.29) is 5.54 Å². The second-order valence-corrected chi connectivity index (χ2v) is 6.11. The van der Waals surface area contributed by atoms with Gasteiger partial charge in [-0.3, -0.25) is 0 Å². The summed E-state index contributed by atoms with van der Waals surface area (Å²) in [5, 5.41) is 3.17. The van der Waals surface area contributed by atoms with Crippen LogP contribution in [0.5, 0.6) is 0 Å². The molecule has 2 aliphatic rings. The molecule has 2 aromatic rings. The van der Waals surface area contributed by atoms with Crippen LogP contribution in [0.2, 0.25) is 0 Å². The molecule has 0 amide bonds. The van der Waals surface area contributed by atoms with Crippen molar-refractivity contribution in [2.75, 3.05) is 6.54 Å². The Labute approximate surface area is 124 Å². The Morgan fingerprint density at radius 2 is 2.19 bits per heavy atom. The van der Waals surface area contributed by atoms with E-state index in [1.165, 1.54) is 16.7 Å². The Hall–Kier alpha value is -2.23. The van der Waals surface area contributed by atoms with Gasteiger partial charge in [0.05, 0.1) is 5.54 Å². The smallest absolute Gasteiger partial charge is 0.189 e. The fraction of sp³-hybridized carbons (Fsp3) is 0.353. The molecule has 0 saturated carbocycles. The van der Waals surface area contributed by atoms with E-state index >= 15 is 0 Å². The molecule has 108 valence electrons. The van der Waals surface area contributed by atoms with Crippen molar-refractivity contribution in [1.82, 2.24) is 5.32 Å². The van der Waals surface area contributed by atoms with E-state index in [2.05, 4.69) is 34.6 Å². The van der Waals surface area contributed by atoms with E-state index in [0.29, 0.717) is 5.96 Å². The number of benzene rings is 1. The van der Waals surface area contributed by atoms with Gasteiger partial charge in [0.15, 0.2) is 5.96 Å². The van der Waals surface area contributed by atoms with Gasteiger partial charge in [-0.25, -0.2) is 4.99 Å². The molecule has 0 fully saturated rings. The lowest BCUT2D eigenvalue weighted by molar-refractivity contribution is 0.394. The molecule has 0 unspecified atom stereocenters. The zero-order chi connectivity index (χ0) is 14.4. The quantitative estimate of drug-likeness (QED) is 0.843. The molecule has 1 aliphatic carbocycles. The predicted octanol–water partition coefficient (Wildman–Crippen LogP) is 2.40. The summed E-state index contributed by atoms with van der Waals surface area (Å²) in [5.41, 5.74) is 9.75. The van der Waals surface area contributed by atoms with Crippen LogP contribution in [-0.4, -0.2) is 18.0 Å². The Bertz CT molecular complexity index is 731. The molecule has 1 aromatic heterocycles. The first-order valence-corrected chi connectivity index (χ1v) is 7.42. The SMILES string of the molecule is Cc1ccc(-c2cccc3c2CC[C@@]2(CNC(N)=N2)C3)o1. The van der Waals surface area contributed by atoms with Crippen LogP contribution >= 0.6 is 0 Å². The molecule has 1 atom stereocenters. The van der Waals surface area contributed by atoms with Crippen LogP contribution in [0.4, 0.5) is 0 Å². The van der Waals surface area contributed by atoms with Crippen LogP contribution in [0.25, 0.3) is 11.3 Å². The van der Waals surface area contributed by atoms with Crippen molar-refractivity contribution in [3.8, 4) is 11.3 Å². The summed E-state index contributed by atoms with van der Waals surface area (Å²) in [5.74, 6) is 2.50. The van der Waals surface area contributed by atoms with Crippen molar-refractivity contribution in [3.05, 3.63) is 47.2 Å². The number of fused-ring (bicyclic) bond motifs is 1. The first-order valence-electron chi connectivity index (χ1n) is 7.42. The van der Waals surface area contributed by atoms with Gasteiger partial charge >= 0.3 is 0 Å². The fourth-order valence-corrected chi connectivity index (χ4v) is 3.54. The standard InChI is InChI=1S/C17H19N3O/c1-11-5-6-15(21-11)14-4-2-3-12-9-17(8-7-13(12)14)10-19-16(18)20-17/h2-6H,7-10H2,1H3,(H3,18,19,20)/t17-/m0/s1. The molecule has 3 N–H and O–H groups in total. The zero-order valence-electron chi connectivity index (χ0n) is 12.1. The molecule has 21 heavy (non-hydrogen) atoms. The van der Waals surface area contributed by atoms with Crippen LogP contribution in [0.1, 0.15) is 23.3 Å². The van der Waals surface area contributed by atoms with Crippen molar-refractivity contribution < 1.29 is 4.42 Å². The molecule has 0 radical (unpaired) electrons. The Balaban J connectivity index is 1.75. The zero-order valence-corrected chi connectivity index (χ0v) is 12.1. The highest BCUT2D eigenvalue weighted by Crippen LogP contribution is 2.38. The number of nitrogens with zero attached hydrogens (tertiary/aromatic N) is 1. The number of hydrogen-bond acceptors (Lipinski definition) is 4. The summed E-state index contributed by atoms with van der Waals surface area (Å²) in [6.07, 6.45) is 3.00. The van der Waals surface area contributed by atoms with Crippen molar-refractivity contribution in [2.24, 2.45) is 10.7 Å². The summed E-state index contributed by atoms with van der Waals surface area (Å²) in [6.45, 7) is 2.83. The van der Waals surface area contributed by atoms with Gasteiger partial charge in [0.2, 0.25) is 0 Å². The van der Waals surface area contributed by atoms with Gasteiger partial charge in [-0.1, -0.05) is 18.2 Å². The molecule has 0 saturated heterocycles. The third kappa shape index (κ3) is 2.02. The first kappa shape index (κ1) is 12.5. The van der Waals surface area contributed by atoms with Crippen LogP contribution in [0, 0.1) is 6.92 Å². The van der Waals surface area contributed by atoms with Gasteiger partial charge in [-0.05, 0) is 49.4 Å². The summed E-state index contributed by atoms with van der Waals surface area (Å²) in [7, 11) is 0. The summed E-state index contributed by atoms with van der Waals surface area (Å²) in [6, 6.07) is 10.5. The van der Waals surface area contributed by atoms with Gasteiger partial charge in [0.25, 0.3) is 0 Å². The Morgan fingerprint density at radius 1 is 1.29 bits per heavy atom. The van der Waals surface area contributed by atoms with Crippen molar-refractivity contribution in [1.29, 1.82) is 0 Å². The summed E-state index contributed by atoms with van der Waals surface area (Å²) < 4.78 is 5.81. The topological polar surface area (TPSA) is 63.5 Å². The monoisotopic (exact) mass is 281 g/mol. The number of nitrogens with one attached hydrogen (secondary N) is 1. The van der Waals surface area contributed by atoms with Crippen LogP contribution in [0.15, 0.2) is 39.7 Å². The molecule has 2 heterocycles. The van der Waals surface area contributed by atoms with Gasteiger partial charge in [-0.15, -0.1) is 0 Å². The van der Waals surface area contributed by atoms with E-state index in [4.69, 9.17) is 10.2 Å². The van der Waals surface area contributed by atoms with Crippen molar-refractivity contribution >= 4 is 5.96 Å². The van der Waals surface area contributed by atoms with E-state index < -0.39 is 0 Å². The van der Waals surface area contributed by atoms with Crippen molar-refractivity contribution in [2.45, 2.75) is 31.7 Å². The Morgan fingerprint density at radius 3 is 2.90 bits per heavy atom. The van der Waals surface area contributed by atoms with Crippen LogP contribution < -0.4 is 11.1 Å². The largest absolute Gasteiger partial charge is 0.461 e. The molecule has 0 bridgehead atoms. The minimum Gasteiger partial charge on any atom is -0.461 e. The fourth-order valence-electron chi connectivity index (χ4n) is 3.54. The molecule has 1 spiro atoms. The van der Waals surface area contributed by atoms with Gasteiger partial charge in [-0.2, -0.15) is 0 Å². The van der Waals surface area contributed by atoms with E-state index in [1.807, 2.05) is 13.0 Å². The minimum atomic E-state index is -0.0468. The average molecular weight is 281 g/mol.